The zero-order valence-electron chi connectivity index (χ0n) is 16.3. The molecule has 26 heavy (non-hydrogen) atoms. The van der Waals surface area contributed by atoms with E-state index in [0.29, 0.717) is 25.7 Å². The summed E-state index contributed by atoms with van der Waals surface area (Å²) in [5, 5.41) is 0. The first kappa shape index (κ1) is 18.9. The Hall–Kier alpha value is -1.88. The van der Waals surface area contributed by atoms with Gasteiger partial charge in [0.05, 0.1) is 6.54 Å². The van der Waals surface area contributed by atoms with E-state index in [1.807, 2.05) is 35.8 Å². The molecule has 5 heteroatoms. The molecule has 2 aliphatic heterocycles. The Morgan fingerprint density at radius 3 is 2.23 bits per heavy atom. The fraction of sp³-hybridized carbons (Fsp3) is 0.619. The average molecular weight is 357 g/mol. The Morgan fingerprint density at radius 1 is 0.962 bits per heavy atom. The quantitative estimate of drug-likeness (QED) is 0.835. The van der Waals surface area contributed by atoms with E-state index in [0.717, 1.165) is 49.2 Å². The zero-order chi connectivity index (χ0) is 18.7. The van der Waals surface area contributed by atoms with Gasteiger partial charge in [-0.2, -0.15) is 0 Å². The first-order chi connectivity index (χ1) is 12.4. The molecule has 5 nitrogen and oxygen atoms in total. The highest BCUT2D eigenvalue weighted by Crippen LogP contribution is 2.17. The Bertz CT molecular complexity index is 645. The van der Waals surface area contributed by atoms with Gasteiger partial charge in [0, 0.05) is 44.3 Å². The van der Waals surface area contributed by atoms with Crippen molar-refractivity contribution >= 4 is 11.8 Å². The van der Waals surface area contributed by atoms with E-state index in [4.69, 9.17) is 0 Å². The molecular weight excluding hydrogens is 326 g/mol. The van der Waals surface area contributed by atoms with Crippen LogP contribution in [0.4, 0.5) is 0 Å². The van der Waals surface area contributed by atoms with Crippen molar-refractivity contribution in [3.63, 3.8) is 0 Å². The van der Waals surface area contributed by atoms with Gasteiger partial charge in [-0.1, -0.05) is 17.2 Å². The standard InChI is InChI=1S/C21H31N3O2/c1-16-12-17(2)14-19(13-16)21(26)23-10-8-22(9-11-23)15-20(25)24-7-5-4-6-18(24)3/h12-14,18H,4-11,15H2,1-3H3. The van der Waals surface area contributed by atoms with Gasteiger partial charge in [0.15, 0.2) is 0 Å². The topological polar surface area (TPSA) is 43.9 Å². The summed E-state index contributed by atoms with van der Waals surface area (Å²) < 4.78 is 0. The summed E-state index contributed by atoms with van der Waals surface area (Å²) >= 11 is 0. The molecule has 0 N–H and O–H groups in total. The summed E-state index contributed by atoms with van der Waals surface area (Å²) in [7, 11) is 0. The number of carbonyl (C=O) groups is 2. The zero-order valence-corrected chi connectivity index (χ0v) is 16.3. The summed E-state index contributed by atoms with van der Waals surface area (Å²) in [5.74, 6) is 0.346. The molecule has 0 bridgehead atoms. The Labute approximate surface area is 156 Å². The number of hydrogen-bond acceptors (Lipinski definition) is 3. The smallest absolute Gasteiger partial charge is 0.253 e. The second-order valence-electron chi connectivity index (χ2n) is 7.88. The molecule has 2 fully saturated rings. The fourth-order valence-electron chi connectivity index (χ4n) is 4.14. The maximum absolute atomic E-state index is 12.8. The molecule has 2 aliphatic rings. The lowest BCUT2D eigenvalue weighted by molar-refractivity contribution is -0.136. The highest BCUT2D eigenvalue weighted by atomic mass is 16.2. The number of likely N-dealkylation sites (tertiary alicyclic amines) is 1. The molecule has 2 amide bonds. The van der Waals surface area contributed by atoms with Gasteiger partial charge < -0.3 is 9.80 Å². The number of benzene rings is 1. The van der Waals surface area contributed by atoms with Crippen molar-refractivity contribution in [1.82, 2.24) is 14.7 Å². The van der Waals surface area contributed by atoms with E-state index in [1.54, 1.807) is 0 Å². The molecule has 3 rings (SSSR count). The van der Waals surface area contributed by atoms with Gasteiger partial charge in [-0.05, 0) is 52.2 Å². The number of piperazine rings is 1. The van der Waals surface area contributed by atoms with E-state index >= 15 is 0 Å². The highest BCUT2D eigenvalue weighted by molar-refractivity contribution is 5.94. The minimum Gasteiger partial charge on any atom is -0.339 e. The van der Waals surface area contributed by atoms with Gasteiger partial charge in [-0.25, -0.2) is 0 Å². The van der Waals surface area contributed by atoms with Crippen LogP contribution >= 0.6 is 0 Å². The summed E-state index contributed by atoms with van der Waals surface area (Å²) in [6, 6.07) is 6.37. The molecule has 0 saturated carbocycles. The van der Waals surface area contributed by atoms with Crippen LogP contribution in [0.2, 0.25) is 0 Å². The maximum atomic E-state index is 12.8. The van der Waals surface area contributed by atoms with E-state index in [9.17, 15) is 9.59 Å². The van der Waals surface area contributed by atoms with E-state index in [-0.39, 0.29) is 11.8 Å². The Morgan fingerprint density at radius 2 is 1.62 bits per heavy atom. The van der Waals surface area contributed by atoms with E-state index < -0.39 is 0 Å². The van der Waals surface area contributed by atoms with Gasteiger partial charge in [-0.3, -0.25) is 14.5 Å². The third-order valence-corrected chi connectivity index (χ3v) is 5.61. The number of hydrogen-bond donors (Lipinski definition) is 0. The minimum atomic E-state index is 0.104. The molecule has 1 unspecified atom stereocenters. The van der Waals surface area contributed by atoms with Crippen molar-refractivity contribution in [2.45, 2.75) is 46.1 Å². The van der Waals surface area contributed by atoms with Crippen LogP contribution in [0.3, 0.4) is 0 Å². The second kappa shape index (κ2) is 8.21. The Balaban J connectivity index is 1.52. The molecule has 1 aromatic rings. The number of rotatable bonds is 3. The average Bonchev–Trinajstić information content (AvgIpc) is 2.61. The normalized spacial score (nSPS) is 21.7. The first-order valence-corrected chi connectivity index (χ1v) is 9.83. The van der Waals surface area contributed by atoms with E-state index in [1.165, 1.54) is 6.42 Å². The van der Waals surface area contributed by atoms with Gasteiger partial charge in [-0.15, -0.1) is 0 Å². The lowest BCUT2D eigenvalue weighted by Crippen LogP contribution is -2.53. The molecule has 0 aromatic heterocycles. The van der Waals surface area contributed by atoms with Crippen molar-refractivity contribution < 1.29 is 9.59 Å². The van der Waals surface area contributed by atoms with Crippen LogP contribution in [0.25, 0.3) is 0 Å². The summed E-state index contributed by atoms with van der Waals surface area (Å²) in [5.41, 5.74) is 3.01. The molecule has 142 valence electrons. The molecule has 2 saturated heterocycles. The summed E-state index contributed by atoms with van der Waals surface area (Å²) in [6.07, 6.45) is 3.46. The van der Waals surface area contributed by atoms with Gasteiger partial charge in [0.25, 0.3) is 5.91 Å². The third kappa shape index (κ3) is 4.44. The number of aryl methyl sites for hydroxylation is 2. The maximum Gasteiger partial charge on any atom is 0.253 e. The van der Waals surface area contributed by atoms with Crippen LogP contribution in [0, 0.1) is 13.8 Å². The van der Waals surface area contributed by atoms with Crippen molar-refractivity contribution in [2.24, 2.45) is 0 Å². The largest absolute Gasteiger partial charge is 0.339 e. The van der Waals surface area contributed by atoms with Gasteiger partial charge in [0.1, 0.15) is 0 Å². The van der Waals surface area contributed by atoms with Crippen molar-refractivity contribution in [2.75, 3.05) is 39.3 Å². The van der Waals surface area contributed by atoms with Crippen LogP contribution in [-0.2, 0) is 4.79 Å². The predicted octanol–water partition coefficient (Wildman–Crippen LogP) is 2.46. The molecular formula is C21H31N3O2. The predicted molar refractivity (Wildman–Crippen MR) is 103 cm³/mol. The fourth-order valence-corrected chi connectivity index (χ4v) is 4.14. The Kier molecular flexibility index (Phi) is 5.97. The monoisotopic (exact) mass is 357 g/mol. The van der Waals surface area contributed by atoms with Gasteiger partial charge in [0.2, 0.25) is 5.91 Å². The number of piperidine rings is 1. The molecule has 0 spiro atoms. The SMILES string of the molecule is Cc1cc(C)cc(C(=O)N2CCN(CC(=O)N3CCCCC3C)CC2)c1. The lowest BCUT2D eigenvalue weighted by Gasteiger charge is -2.38. The first-order valence-electron chi connectivity index (χ1n) is 9.83. The van der Waals surface area contributed by atoms with Crippen LogP contribution in [0.1, 0.15) is 47.7 Å². The second-order valence-corrected chi connectivity index (χ2v) is 7.88. The van der Waals surface area contributed by atoms with Crippen LogP contribution in [0.15, 0.2) is 18.2 Å². The minimum absolute atomic E-state index is 0.104. The van der Waals surface area contributed by atoms with Gasteiger partial charge >= 0.3 is 0 Å². The van der Waals surface area contributed by atoms with E-state index in [2.05, 4.69) is 17.9 Å². The van der Waals surface area contributed by atoms with Crippen molar-refractivity contribution in [1.29, 1.82) is 0 Å². The van der Waals surface area contributed by atoms with Crippen LogP contribution in [-0.4, -0.2) is 71.8 Å². The van der Waals surface area contributed by atoms with Crippen molar-refractivity contribution in [3.05, 3.63) is 34.9 Å². The molecule has 0 radical (unpaired) electrons. The summed E-state index contributed by atoms with van der Waals surface area (Å²) in [4.78, 5) is 31.5. The molecule has 0 aliphatic carbocycles. The number of carbonyl (C=O) groups excluding carboxylic acids is 2. The summed E-state index contributed by atoms with van der Waals surface area (Å²) in [6.45, 7) is 10.5. The number of nitrogens with zero attached hydrogens (tertiary/aromatic N) is 3. The van der Waals surface area contributed by atoms with Crippen LogP contribution < -0.4 is 0 Å². The number of amides is 2. The van der Waals surface area contributed by atoms with Crippen LogP contribution in [0.5, 0.6) is 0 Å². The van der Waals surface area contributed by atoms with Crippen molar-refractivity contribution in [3.8, 4) is 0 Å². The highest BCUT2D eigenvalue weighted by Gasteiger charge is 2.27. The molecule has 1 atom stereocenters. The lowest BCUT2D eigenvalue weighted by atomic mass is 10.0. The molecule has 2 heterocycles. The molecule has 1 aromatic carbocycles. The third-order valence-electron chi connectivity index (χ3n) is 5.61.